The van der Waals surface area contributed by atoms with Crippen LogP contribution in [-0.4, -0.2) is 34.0 Å². The minimum absolute atomic E-state index is 0.220. The van der Waals surface area contributed by atoms with Gasteiger partial charge < -0.3 is 4.98 Å². The van der Waals surface area contributed by atoms with Gasteiger partial charge in [-0.3, -0.25) is 9.88 Å². The molecule has 5 rings (SSSR count). The second-order valence-electron chi connectivity index (χ2n) is 7.83. The molecule has 0 bridgehead atoms. The zero-order valence-electron chi connectivity index (χ0n) is 16.5. The SMILES string of the molecule is C/C=C1/C[C@H]2C=C(c3c[nH]c(-c4ccc(F)cc4)c3-c3ccncc3)CCN2C1. The van der Waals surface area contributed by atoms with Gasteiger partial charge in [0.25, 0.3) is 0 Å². The van der Waals surface area contributed by atoms with Crippen molar-refractivity contribution in [3.63, 3.8) is 0 Å². The predicted molar refractivity (Wildman–Crippen MR) is 116 cm³/mol. The molecule has 1 N–H and O–H groups in total. The Bertz CT molecular complexity index is 1080. The van der Waals surface area contributed by atoms with E-state index >= 15 is 0 Å². The average molecular weight is 385 g/mol. The molecule has 1 atom stereocenters. The monoisotopic (exact) mass is 385 g/mol. The second kappa shape index (κ2) is 7.45. The highest BCUT2D eigenvalue weighted by Gasteiger charge is 2.30. The molecule has 2 aliphatic rings. The fourth-order valence-electron chi connectivity index (χ4n) is 4.60. The third-order valence-electron chi connectivity index (χ3n) is 6.14. The van der Waals surface area contributed by atoms with Gasteiger partial charge in [-0.2, -0.15) is 0 Å². The Hall–Kier alpha value is -2.98. The number of hydrogen-bond acceptors (Lipinski definition) is 2. The molecule has 3 aromatic rings. The normalized spacial score (nSPS) is 20.7. The first kappa shape index (κ1) is 18.1. The molecule has 3 nitrogen and oxygen atoms in total. The Labute approximate surface area is 170 Å². The van der Waals surface area contributed by atoms with Crippen molar-refractivity contribution in [2.24, 2.45) is 0 Å². The maximum atomic E-state index is 13.5. The number of allylic oxidation sites excluding steroid dienone is 1. The van der Waals surface area contributed by atoms with Crippen LogP contribution in [0.1, 0.15) is 25.3 Å². The maximum absolute atomic E-state index is 13.5. The first-order valence-corrected chi connectivity index (χ1v) is 10.2. The van der Waals surface area contributed by atoms with Crippen LogP contribution in [0.25, 0.3) is 28.0 Å². The number of benzene rings is 1. The van der Waals surface area contributed by atoms with E-state index in [4.69, 9.17) is 0 Å². The number of aromatic amines is 1. The van der Waals surface area contributed by atoms with Crippen LogP contribution in [0.5, 0.6) is 0 Å². The number of H-pyrrole nitrogens is 1. The quantitative estimate of drug-likeness (QED) is 0.587. The molecular formula is C25H24FN3. The summed E-state index contributed by atoms with van der Waals surface area (Å²) in [5, 5.41) is 0. The summed E-state index contributed by atoms with van der Waals surface area (Å²) >= 11 is 0. The molecule has 4 heteroatoms. The topological polar surface area (TPSA) is 31.9 Å². The van der Waals surface area contributed by atoms with Crippen molar-refractivity contribution in [1.29, 1.82) is 0 Å². The van der Waals surface area contributed by atoms with Gasteiger partial charge in [0.05, 0.1) is 5.69 Å². The summed E-state index contributed by atoms with van der Waals surface area (Å²) in [4.78, 5) is 10.2. The summed E-state index contributed by atoms with van der Waals surface area (Å²) in [7, 11) is 0. The number of hydrogen-bond donors (Lipinski definition) is 1. The molecular weight excluding hydrogens is 361 g/mol. The van der Waals surface area contributed by atoms with Gasteiger partial charge in [0.15, 0.2) is 0 Å². The fraction of sp³-hybridized carbons (Fsp3) is 0.240. The highest BCUT2D eigenvalue weighted by molar-refractivity contribution is 5.91. The van der Waals surface area contributed by atoms with E-state index in [-0.39, 0.29) is 5.82 Å². The number of aromatic nitrogens is 2. The molecule has 146 valence electrons. The lowest BCUT2D eigenvalue weighted by Gasteiger charge is -2.28. The Morgan fingerprint density at radius 3 is 2.66 bits per heavy atom. The first-order chi connectivity index (χ1) is 14.2. The molecule has 0 unspecified atom stereocenters. The lowest BCUT2D eigenvalue weighted by molar-refractivity contribution is 0.290. The smallest absolute Gasteiger partial charge is 0.123 e. The minimum Gasteiger partial charge on any atom is -0.360 e. The van der Waals surface area contributed by atoms with Crippen LogP contribution >= 0.6 is 0 Å². The molecule has 4 heterocycles. The van der Waals surface area contributed by atoms with Crippen molar-refractivity contribution in [2.75, 3.05) is 13.1 Å². The molecule has 0 spiro atoms. The van der Waals surface area contributed by atoms with Gasteiger partial charge in [-0.05, 0) is 72.9 Å². The molecule has 1 fully saturated rings. The Balaban J connectivity index is 1.61. The zero-order chi connectivity index (χ0) is 19.8. The van der Waals surface area contributed by atoms with Crippen molar-refractivity contribution < 1.29 is 4.39 Å². The summed E-state index contributed by atoms with van der Waals surface area (Å²) in [6.45, 7) is 4.32. The highest BCUT2D eigenvalue weighted by atomic mass is 19.1. The fourth-order valence-corrected chi connectivity index (χ4v) is 4.60. The first-order valence-electron chi connectivity index (χ1n) is 10.2. The number of nitrogens with zero attached hydrogens (tertiary/aromatic N) is 2. The third-order valence-corrected chi connectivity index (χ3v) is 6.14. The van der Waals surface area contributed by atoms with Crippen molar-refractivity contribution in [2.45, 2.75) is 25.8 Å². The van der Waals surface area contributed by atoms with Crippen LogP contribution < -0.4 is 0 Å². The number of nitrogens with one attached hydrogen (secondary N) is 1. The number of pyridine rings is 1. The summed E-state index contributed by atoms with van der Waals surface area (Å²) in [6.07, 6.45) is 12.6. The Kier molecular flexibility index (Phi) is 4.64. The van der Waals surface area contributed by atoms with E-state index in [1.54, 1.807) is 0 Å². The van der Waals surface area contributed by atoms with Gasteiger partial charge in [0.2, 0.25) is 0 Å². The lowest BCUT2D eigenvalue weighted by Crippen LogP contribution is -2.32. The number of halogens is 1. The summed E-state index contributed by atoms with van der Waals surface area (Å²) < 4.78 is 13.5. The van der Waals surface area contributed by atoms with Crippen LogP contribution in [0, 0.1) is 5.82 Å². The van der Waals surface area contributed by atoms with Gasteiger partial charge in [-0.25, -0.2) is 4.39 Å². The van der Waals surface area contributed by atoms with Gasteiger partial charge in [-0.15, -0.1) is 0 Å². The van der Waals surface area contributed by atoms with Gasteiger partial charge in [-0.1, -0.05) is 17.7 Å². The molecule has 2 aromatic heterocycles. The minimum atomic E-state index is -0.220. The molecule has 1 aromatic carbocycles. The molecule has 2 aliphatic heterocycles. The number of fused-ring (bicyclic) bond motifs is 1. The third kappa shape index (κ3) is 3.34. The van der Waals surface area contributed by atoms with Crippen LogP contribution in [0.4, 0.5) is 4.39 Å². The van der Waals surface area contributed by atoms with Crippen LogP contribution in [-0.2, 0) is 0 Å². The molecule has 29 heavy (non-hydrogen) atoms. The average Bonchev–Trinajstić information content (AvgIpc) is 3.38. The summed E-state index contributed by atoms with van der Waals surface area (Å²) in [5.41, 5.74) is 8.46. The molecule has 0 aliphatic carbocycles. The van der Waals surface area contributed by atoms with Crippen molar-refractivity contribution in [1.82, 2.24) is 14.9 Å². The van der Waals surface area contributed by atoms with Crippen LogP contribution in [0.2, 0.25) is 0 Å². The van der Waals surface area contributed by atoms with E-state index in [0.717, 1.165) is 42.8 Å². The van der Waals surface area contributed by atoms with Gasteiger partial charge >= 0.3 is 0 Å². The van der Waals surface area contributed by atoms with E-state index < -0.39 is 0 Å². The number of rotatable bonds is 3. The van der Waals surface area contributed by atoms with E-state index in [1.807, 2.05) is 36.7 Å². The molecule has 0 amide bonds. The van der Waals surface area contributed by atoms with Crippen LogP contribution in [0.15, 0.2) is 72.7 Å². The van der Waals surface area contributed by atoms with Gasteiger partial charge in [0, 0.05) is 48.8 Å². The van der Waals surface area contributed by atoms with E-state index in [0.29, 0.717) is 6.04 Å². The summed E-state index contributed by atoms with van der Waals surface area (Å²) in [6, 6.07) is 11.3. The van der Waals surface area contributed by atoms with E-state index in [1.165, 1.54) is 34.4 Å². The van der Waals surface area contributed by atoms with Crippen molar-refractivity contribution in [3.05, 3.63) is 84.1 Å². The highest BCUT2D eigenvalue weighted by Crippen LogP contribution is 2.41. The zero-order valence-corrected chi connectivity index (χ0v) is 16.5. The largest absolute Gasteiger partial charge is 0.360 e. The van der Waals surface area contributed by atoms with Gasteiger partial charge in [0.1, 0.15) is 5.82 Å². The van der Waals surface area contributed by atoms with Crippen molar-refractivity contribution in [3.8, 4) is 22.4 Å². The molecule has 1 saturated heterocycles. The second-order valence-corrected chi connectivity index (χ2v) is 7.83. The molecule has 0 saturated carbocycles. The lowest BCUT2D eigenvalue weighted by atomic mass is 9.90. The Morgan fingerprint density at radius 2 is 1.90 bits per heavy atom. The summed E-state index contributed by atoms with van der Waals surface area (Å²) in [5.74, 6) is -0.220. The Morgan fingerprint density at radius 1 is 1.10 bits per heavy atom. The van der Waals surface area contributed by atoms with E-state index in [2.05, 4.69) is 40.1 Å². The van der Waals surface area contributed by atoms with E-state index in [9.17, 15) is 4.39 Å². The van der Waals surface area contributed by atoms with Crippen molar-refractivity contribution >= 4 is 5.57 Å². The predicted octanol–water partition coefficient (Wildman–Crippen LogP) is 5.69. The van der Waals surface area contributed by atoms with Crippen LogP contribution in [0.3, 0.4) is 0 Å². The molecule has 0 radical (unpaired) electrons. The maximum Gasteiger partial charge on any atom is 0.123 e. The standard InChI is InChI=1S/C25H24FN3/c1-2-17-13-22-14-20(9-12-29(22)16-17)23-15-28-25(19-3-5-21(26)6-4-19)24(23)18-7-10-27-11-8-18/h2-8,10-11,14-15,22,28H,9,12-13,16H2,1H3/b17-2-/t22-/m0/s1.